The van der Waals surface area contributed by atoms with E-state index in [4.69, 9.17) is 4.74 Å². The Morgan fingerprint density at radius 2 is 2.12 bits per heavy atom. The average molecular weight is 345 g/mol. The summed E-state index contributed by atoms with van der Waals surface area (Å²) in [5, 5.41) is 0.248. The number of aromatic nitrogens is 1. The van der Waals surface area contributed by atoms with Gasteiger partial charge in [-0.15, -0.1) is 0 Å². The van der Waals surface area contributed by atoms with Crippen molar-refractivity contribution in [3.8, 4) is 0 Å². The summed E-state index contributed by atoms with van der Waals surface area (Å²) in [4.78, 5) is 32.0. The van der Waals surface area contributed by atoms with Gasteiger partial charge in [-0.3, -0.25) is 14.5 Å². The highest BCUT2D eigenvalue weighted by atomic mass is 19.1. The summed E-state index contributed by atoms with van der Waals surface area (Å²) in [7, 11) is 2.04. The smallest absolute Gasteiger partial charge is 0.270 e. The molecule has 2 bridgehead atoms. The first-order valence-corrected chi connectivity index (χ1v) is 8.41. The summed E-state index contributed by atoms with van der Waals surface area (Å²) in [6.45, 7) is 3.17. The Balaban J connectivity index is 1.70. The zero-order chi connectivity index (χ0) is 17.6. The second-order valence-corrected chi connectivity index (χ2v) is 6.92. The molecule has 1 amide bonds. The second-order valence-electron chi connectivity index (χ2n) is 6.92. The van der Waals surface area contributed by atoms with E-state index in [1.54, 1.807) is 11.0 Å². The van der Waals surface area contributed by atoms with Gasteiger partial charge in [-0.2, -0.15) is 0 Å². The van der Waals surface area contributed by atoms with Gasteiger partial charge in [-0.05, 0) is 19.2 Å². The van der Waals surface area contributed by atoms with E-state index in [1.165, 1.54) is 18.2 Å². The standard InChI is InChI=1S/C18H20FN3O3/c1-21-6-11-7-22(8-12(21)10-25-9-11)18(24)15-5-16(23)13-3-2-4-14(19)17(13)20-15/h2-5,11-12H,6-10H2,1H3,(H,20,23)/t11-,12+/m1/s1. The van der Waals surface area contributed by atoms with Crippen LogP contribution < -0.4 is 5.43 Å². The zero-order valence-electron chi connectivity index (χ0n) is 14.0. The van der Waals surface area contributed by atoms with Crippen LogP contribution in [0.1, 0.15) is 10.5 Å². The van der Waals surface area contributed by atoms with Crippen LogP contribution in [0.2, 0.25) is 0 Å². The molecule has 25 heavy (non-hydrogen) atoms. The third kappa shape index (κ3) is 2.94. The molecule has 2 aliphatic rings. The Morgan fingerprint density at radius 1 is 1.28 bits per heavy atom. The molecule has 1 N–H and O–H groups in total. The molecule has 2 atom stereocenters. The highest BCUT2D eigenvalue weighted by Gasteiger charge is 2.34. The van der Waals surface area contributed by atoms with E-state index < -0.39 is 5.82 Å². The van der Waals surface area contributed by atoms with Crippen LogP contribution in [0.4, 0.5) is 4.39 Å². The first kappa shape index (κ1) is 16.2. The Morgan fingerprint density at radius 3 is 2.96 bits per heavy atom. The molecule has 2 saturated heterocycles. The van der Waals surface area contributed by atoms with Crippen molar-refractivity contribution < 1.29 is 13.9 Å². The average Bonchev–Trinajstić information content (AvgIpc) is 2.83. The van der Waals surface area contributed by atoms with Crippen molar-refractivity contribution in [2.75, 3.05) is 39.9 Å². The highest BCUT2D eigenvalue weighted by Crippen LogP contribution is 2.20. The molecule has 4 rings (SSSR count). The van der Waals surface area contributed by atoms with Crippen molar-refractivity contribution in [2.24, 2.45) is 5.92 Å². The predicted molar refractivity (Wildman–Crippen MR) is 91.2 cm³/mol. The molecule has 0 aliphatic carbocycles. The van der Waals surface area contributed by atoms with Gasteiger partial charge in [-0.25, -0.2) is 4.39 Å². The van der Waals surface area contributed by atoms with E-state index in [9.17, 15) is 14.0 Å². The van der Waals surface area contributed by atoms with Crippen molar-refractivity contribution >= 4 is 16.8 Å². The van der Waals surface area contributed by atoms with E-state index >= 15 is 0 Å². The lowest BCUT2D eigenvalue weighted by atomic mass is 10.1. The lowest BCUT2D eigenvalue weighted by molar-refractivity contribution is 0.0430. The van der Waals surface area contributed by atoms with E-state index in [-0.39, 0.29) is 39.9 Å². The van der Waals surface area contributed by atoms with Gasteiger partial charge in [0.25, 0.3) is 5.91 Å². The number of carbonyl (C=O) groups excluding carboxylic acids is 1. The van der Waals surface area contributed by atoms with Gasteiger partial charge < -0.3 is 14.6 Å². The van der Waals surface area contributed by atoms with Crippen molar-refractivity contribution in [3.63, 3.8) is 0 Å². The fourth-order valence-corrected chi connectivity index (χ4v) is 3.74. The number of ether oxygens (including phenoxy) is 1. The third-order valence-corrected chi connectivity index (χ3v) is 5.07. The van der Waals surface area contributed by atoms with Crippen molar-refractivity contribution in [1.82, 2.24) is 14.8 Å². The van der Waals surface area contributed by atoms with Gasteiger partial charge in [0.2, 0.25) is 0 Å². The lowest BCUT2D eigenvalue weighted by Crippen LogP contribution is -2.45. The summed E-state index contributed by atoms with van der Waals surface area (Å²) in [6.07, 6.45) is 0. The fraction of sp³-hybridized carbons (Fsp3) is 0.444. The molecule has 2 aliphatic heterocycles. The molecule has 6 nitrogen and oxygen atoms in total. The number of pyridine rings is 1. The number of likely N-dealkylation sites (N-methyl/N-ethyl adjacent to an activating group) is 1. The van der Waals surface area contributed by atoms with Crippen LogP contribution in [0.5, 0.6) is 0 Å². The molecule has 1 aromatic carbocycles. The second kappa shape index (κ2) is 6.24. The Bertz CT molecular complexity index is 881. The first-order chi connectivity index (χ1) is 12.0. The molecule has 132 valence electrons. The maximum atomic E-state index is 14.0. The van der Waals surface area contributed by atoms with Crippen LogP contribution in [-0.2, 0) is 4.74 Å². The van der Waals surface area contributed by atoms with Crippen molar-refractivity contribution in [3.05, 3.63) is 46.0 Å². The maximum absolute atomic E-state index is 14.0. The number of halogens is 1. The predicted octanol–water partition coefficient (Wildman–Crippen LogP) is 1.07. The molecule has 3 heterocycles. The van der Waals surface area contributed by atoms with Crippen LogP contribution in [0, 0.1) is 11.7 Å². The molecular formula is C18H20FN3O3. The number of nitrogens with one attached hydrogen (secondary N) is 1. The number of hydrogen-bond donors (Lipinski definition) is 1. The molecule has 7 heteroatoms. The summed E-state index contributed by atoms with van der Waals surface area (Å²) >= 11 is 0. The van der Waals surface area contributed by atoms with Gasteiger partial charge in [-0.1, -0.05) is 6.07 Å². The largest absolute Gasteiger partial charge is 0.379 e. The Labute approximate surface area is 144 Å². The monoisotopic (exact) mass is 345 g/mol. The molecular weight excluding hydrogens is 325 g/mol. The molecule has 0 unspecified atom stereocenters. The number of fused-ring (bicyclic) bond motifs is 4. The van der Waals surface area contributed by atoms with E-state index in [1.807, 2.05) is 7.05 Å². The first-order valence-electron chi connectivity index (χ1n) is 8.41. The van der Waals surface area contributed by atoms with Crippen LogP contribution in [0.3, 0.4) is 0 Å². The van der Waals surface area contributed by atoms with Crippen molar-refractivity contribution in [1.29, 1.82) is 0 Å². The van der Waals surface area contributed by atoms with Crippen LogP contribution in [0.25, 0.3) is 10.9 Å². The quantitative estimate of drug-likeness (QED) is 0.840. The number of amides is 1. The highest BCUT2D eigenvalue weighted by molar-refractivity contribution is 5.95. The van der Waals surface area contributed by atoms with Crippen LogP contribution in [-0.4, -0.2) is 66.6 Å². The Kier molecular flexibility index (Phi) is 4.05. The maximum Gasteiger partial charge on any atom is 0.270 e. The van der Waals surface area contributed by atoms with Crippen LogP contribution >= 0.6 is 0 Å². The number of benzene rings is 1. The minimum atomic E-state index is -0.537. The molecule has 1 aromatic heterocycles. The van der Waals surface area contributed by atoms with Gasteiger partial charge in [0, 0.05) is 37.0 Å². The number of rotatable bonds is 1. The van der Waals surface area contributed by atoms with Gasteiger partial charge in [0.1, 0.15) is 11.5 Å². The normalized spacial score (nSPS) is 24.3. The van der Waals surface area contributed by atoms with Crippen LogP contribution in [0.15, 0.2) is 29.1 Å². The van der Waals surface area contributed by atoms with Gasteiger partial charge >= 0.3 is 0 Å². The lowest BCUT2D eigenvalue weighted by Gasteiger charge is -2.29. The zero-order valence-corrected chi connectivity index (χ0v) is 14.0. The number of carbonyl (C=O) groups is 1. The number of aromatic amines is 1. The van der Waals surface area contributed by atoms with E-state index in [0.29, 0.717) is 26.3 Å². The number of H-pyrrole nitrogens is 1. The molecule has 0 radical (unpaired) electrons. The SMILES string of the molecule is CN1C[C@H]2COC[C@@H]1CN(C(=O)c1cc(=O)c3cccc(F)c3[nH]1)C2. The molecule has 2 aromatic rings. The summed E-state index contributed by atoms with van der Waals surface area (Å²) in [5.41, 5.74) is -0.146. The van der Waals surface area contributed by atoms with Crippen molar-refractivity contribution in [2.45, 2.75) is 6.04 Å². The van der Waals surface area contributed by atoms with Gasteiger partial charge in [0.15, 0.2) is 5.43 Å². The third-order valence-electron chi connectivity index (χ3n) is 5.07. The van der Waals surface area contributed by atoms with Gasteiger partial charge in [0.05, 0.1) is 24.8 Å². The summed E-state index contributed by atoms with van der Waals surface area (Å²) in [5.74, 6) is -0.579. The number of para-hydroxylation sites is 1. The molecule has 0 saturated carbocycles. The minimum Gasteiger partial charge on any atom is -0.379 e. The number of hydrogen-bond acceptors (Lipinski definition) is 4. The van der Waals surface area contributed by atoms with E-state index in [2.05, 4.69) is 9.88 Å². The summed E-state index contributed by atoms with van der Waals surface area (Å²) < 4.78 is 19.7. The fourth-order valence-electron chi connectivity index (χ4n) is 3.74. The number of nitrogens with zero attached hydrogens (tertiary/aromatic N) is 2. The molecule has 0 spiro atoms. The minimum absolute atomic E-state index is 0.0776. The topological polar surface area (TPSA) is 65.6 Å². The summed E-state index contributed by atoms with van der Waals surface area (Å²) in [6, 6.07) is 5.70. The Hall–Kier alpha value is -2.25. The van der Waals surface area contributed by atoms with E-state index in [0.717, 1.165) is 6.54 Å². The molecule has 2 fully saturated rings.